The van der Waals surface area contributed by atoms with Gasteiger partial charge in [-0.25, -0.2) is 0 Å². The number of nitrogens with zero attached hydrogens (tertiary/aromatic N) is 3. The number of carboxylic acid groups (broad SMARTS) is 1. The number of carbonyl (C=O) groups is 2. The second-order valence-electron chi connectivity index (χ2n) is 5.83. The van der Waals surface area contributed by atoms with Crippen LogP contribution in [0.3, 0.4) is 0 Å². The lowest BCUT2D eigenvalue weighted by Crippen LogP contribution is -2.52. The summed E-state index contributed by atoms with van der Waals surface area (Å²) in [5.74, 6) is -1.53. The Morgan fingerprint density at radius 2 is 2.17 bits per heavy atom. The number of methoxy groups -OCH3 is 1. The highest BCUT2D eigenvalue weighted by Gasteiger charge is 2.44. The van der Waals surface area contributed by atoms with Gasteiger partial charge in [-0.1, -0.05) is 0 Å². The minimum Gasteiger partial charge on any atom is -0.481 e. The molecule has 0 saturated carbocycles. The van der Waals surface area contributed by atoms with Gasteiger partial charge in [0.05, 0.1) is 6.61 Å². The van der Waals surface area contributed by atoms with E-state index in [4.69, 9.17) is 4.74 Å². The number of halogens is 3. The van der Waals surface area contributed by atoms with Crippen molar-refractivity contribution in [3.63, 3.8) is 0 Å². The monoisotopic (exact) mass is 349 g/mol. The van der Waals surface area contributed by atoms with Crippen molar-refractivity contribution in [3.05, 3.63) is 18.0 Å². The Bertz CT molecular complexity index is 613. The number of hydrogen-bond donors (Lipinski definition) is 1. The second kappa shape index (κ2) is 6.80. The maximum Gasteiger partial charge on any atom is 0.435 e. The molecule has 1 atom stereocenters. The zero-order chi connectivity index (χ0) is 18.0. The number of aliphatic carboxylic acids is 1. The molecule has 1 fully saturated rings. The van der Waals surface area contributed by atoms with Gasteiger partial charge in [0.15, 0.2) is 5.69 Å². The van der Waals surface area contributed by atoms with E-state index in [0.29, 0.717) is 19.4 Å². The molecule has 2 rings (SSSR count). The first-order chi connectivity index (χ1) is 11.2. The third-order valence-corrected chi connectivity index (χ3v) is 4.03. The molecule has 0 aromatic carbocycles. The zero-order valence-electron chi connectivity index (χ0n) is 13.0. The van der Waals surface area contributed by atoms with Crippen LogP contribution in [0.2, 0.25) is 0 Å². The molecule has 24 heavy (non-hydrogen) atoms. The van der Waals surface area contributed by atoms with Crippen LogP contribution in [0.5, 0.6) is 0 Å². The van der Waals surface area contributed by atoms with Crippen molar-refractivity contribution in [1.29, 1.82) is 0 Å². The molecule has 1 aliphatic rings. The molecule has 10 heteroatoms. The van der Waals surface area contributed by atoms with Crippen LogP contribution >= 0.6 is 0 Å². The predicted octanol–water partition coefficient (Wildman–Crippen LogP) is 1.24. The molecule has 0 radical (unpaired) electrons. The molecule has 1 saturated heterocycles. The maximum atomic E-state index is 12.5. The highest BCUT2D eigenvalue weighted by Crippen LogP contribution is 2.31. The van der Waals surface area contributed by atoms with Gasteiger partial charge >= 0.3 is 12.1 Å². The molecule has 0 spiro atoms. The first-order valence-corrected chi connectivity index (χ1v) is 7.29. The van der Waals surface area contributed by atoms with Crippen LogP contribution in [0.15, 0.2) is 12.3 Å². The standard InChI is InChI=1S/C14H18F3N3O4/c1-24-9-13(12(22)23)4-2-5-19(8-13)11(21)7-20-6-3-10(18-20)14(15,16)17/h3,6H,2,4-5,7-9H2,1H3,(H,22,23). The summed E-state index contributed by atoms with van der Waals surface area (Å²) in [5.41, 5.74) is -2.27. The van der Waals surface area contributed by atoms with E-state index in [2.05, 4.69) is 5.10 Å². The molecule has 1 aliphatic heterocycles. The van der Waals surface area contributed by atoms with Crippen LogP contribution < -0.4 is 0 Å². The number of likely N-dealkylation sites (tertiary alicyclic amines) is 1. The van der Waals surface area contributed by atoms with Gasteiger partial charge in [0.1, 0.15) is 12.0 Å². The number of piperidine rings is 1. The predicted molar refractivity (Wildman–Crippen MR) is 75.0 cm³/mol. The van der Waals surface area contributed by atoms with Gasteiger partial charge in [-0.15, -0.1) is 0 Å². The number of alkyl halides is 3. The fourth-order valence-corrected chi connectivity index (χ4v) is 2.81. The van der Waals surface area contributed by atoms with Gasteiger partial charge in [-0.3, -0.25) is 14.3 Å². The number of rotatable bonds is 5. The van der Waals surface area contributed by atoms with Gasteiger partial charge in [0.25, 0.3) is 0 Å². The van der Waals surface area contributed by atoms with E-state index in [-0.39, 0.29) is 19.7 Å². The zero-order valence-corrected chi connectivity index (χ0v) is 13.0. The van der Waals surface area contributed by atoms with E-state index in [1.165, 1.54) is 12.0 Å². The van der Waals surface area contributed by atoms with E-state index < -0.39 is 29.2 Å². The number of hydrogen-bond acceptors (Lipinski definition) is 4. The Hall–Kier alpha value is -2.10. The molecule has 1 amide bonds. The van der Waals surface area contributed by atoms with E-state index in [9.17, 15) is 27.9 Å². The van der Waals surface area contributed by atoms with Gasteiger partial charge in [0.2, 0.25) is 5.91 Å². The Labute approximate surface area is 136 Å². The summed E-state index contributed by atoms with van der Waals surface area (Å²) >= 11 is 0. The van der Waals surface area contributed by atoms with Crippen LogP contribution in [0, 0.1) is 5.41 Å². The van der Waals surface area contributed by atoms with Crippen LogP contribution in [0.25, 0.3) is 0 Å². The fourth-order valence-electron chi connectivity index (χ4n) is 2.81. The van der Waals surface area contributed by atoms with Crippen molar-refractivity contribution < 1.29 is 32.6 Å². The number of carboxylic acids is 1. The van der Waals surface area contributed by atoms with Crippen LogP contribution in [-0.2, 0) is 27.0 Å². The summed E-state index contributed by atoms with van der Waals surface area (Å²) in [6, 6.07) is 0.788. The highest BCUT2D eigenvalue weighted by molar-refractivity contribution is 5.79. The van der Waals surface area contributed by atoms with Gasteiger partial charge in [-0.05, 0) is 18.9 Å². The van der Waals surface area contributed by atoms with E-state index in [0.717, 1.165) is 16.9 Å². The van der Waals surface area contributed by atoms with Gasteiger partial charge < -0.3 is 14.7 Å². The summed E-state index contributed by atoms with van der Waals surface area (Å²) in [5, 5.41) is 12.8. The van der Waals surface area contributed by atoms with E-state index >= 15 is 0 Å². The molecule has 1 aromatic rings. The summed E-state index contributed by atoms with van der Waals surface area (Å²) in [6.07, 6.45) is -2.64. The largest absolute Gasteiger partial charge is 0.481 e. The molecule has 0 aliphatic carbocycles. The molecule has 134 valence electrons. The van der Waals surface area contributed by atoms with E-state index in [1.54, 1.807) is 0 Å². The lowest BCUT2D eigenvalue weighted by molar-refractivity contribution is -0.159. The van der Waals surface area contributed by atoms with Crippen molar-refractivity contribution in [1.82, 2.24) is 14.7 Å². The van der Waals surface area contributed by atoms with Crippen LogP contribution in [0.1, 0.15) is 18.5 Å². The summed E-state index contributed by atoms with van der Waals surface area (Å²) in [6.45, 7) is -0.0990. The SMILES string of the molecule is COCC1(C(=O)O)CCCN(C(=O)Cn2ccc(C(F)(F)F)n2)C1. The minimum atomic E-state index is -4.57. The number of aromatic nitrogens is 2. The highest BCUT2D eigenvalue weighted by atomic mass is 19.4. The lowest BCUT2D eigenvalue weighted by Gasteiger charge is -2.39. The Morgan fingerprint density at radius 3 is 2.71 bits per heavy atom. The van der Waals surface area contributed by atoms with E-state index in [1.807, 2.05) is 0 Å². The average molecular weight is 349 g/mol. The van der Waals surface area contributed by atoms with Gasteiger partial charge in [0, 0.05) is 26.4 Å². The van der Waals surface area contributed by atoms with Crippen LogP contribution in [0.4, 0.5) is 13.2 Å². The first-order valence-electron chi connectivity index (χ1n) is 7.29. The maximum absolute atomic E-state index is 12.5. The van der Waals surface area contributed by atoms with Crippen molar-refractivity contribution >= 4 is 11.9 Å². The normalized spacial score (nSPS) is 21.8. The topological polar surface area (TPSA) is 84.7 Å². The summed E-state index contributed by atoms with van der Waals surface area (Å²) < 4.78 is 43.4. The first kappa shape index (κ1) is 18.2. The third kappa shape index (κ3) is 3.86. The molecule has 1 unspecified atom stereocenters. The van der Waals surface area contributed by atoms with Gasteiger partial charge in [-0.2, -0.15) is 18.3 Å². The molecule has 1 N–H and O–H groups in total. The molecule has 2 heterocycles. The van der Waals surface area contributed by atoms with Crippen molar-refractivity contribution in [3.8, 4) is 0 Å². The summed E-state index contributed by atoms with van der Waals surface area (Å²) in [7, 11) is 1.38. The molecule has 1 aromatic heterocycles. The molecule has 7 nitrogen and oxygen atoms in total. The number of carbonyl (C=O) groups excluding carboxylic acids is 1. The lowest BCUT2D eigenvalue weighted by atomic mass is 9.80. The third-order valence-electron chi connectivity index (χ3n) is 4.03. The second-order valence-corrected chi connectivity index (χ2v) is 5.83. The van der Waals surface area contributed by atoms with Crippen molar-refractivity contribution in [2.24, 2.45) is 5.41 Å². The molecular weight excluding hydrogens is 331 g/mol. The average Bonchev–Trinajstić information content (AvgIpc) is 2.96. The van der Waals surface area contributed by atoms with Crippen molar-refractivity contribution in [2.75, 3.05) is 26.8 Å². The Morgan fingerprint density at radius 1 is 1.46 bits per heavy atom. The number of ether oxygens (including phenoxy) is 1. The minimum absolute atomic E-state index is 0.0356. The quantitative estimate of drug-likeness (QED) is 0.865. The molecular formula is C14H18F3N3O4. The molecule has 0 bridgehead atoms. The Balaban J connectivity index is 2.06. The number of amides is 1. The van der Waals surface area contributed by atoms with Crippen LogP contribution in [-0.4, -0.2) is 58.5 Å². The Kier molecular flexibility index (Phi) is 5.16. The smallest absolute Gasteiger partial charge is 0.435 e. The fraction of sp³-hybridized carbons (Fsp3) is 0.643. The summed E-state index contributed by atoms with van der Waals surface area (Å²) in [4.78, 5) is 25.2. The van der Waals surface area contributed by atoms with Crippen molar-refractivity contribution in [2.45, 2.75) is 25.6 Å².